The van der Waals surface area contributed by atoms with Gasteiger partial charge in [-0.05, 0) is 6.92 Å². The fraction of sp³-hybridized carbons (Fsp3) is 0.923. The van der Waals surface area contributed by atoms with Crippen LogP contribution in [0, 0.1) is 0 Å². The minimum Gasteiger partial charge on any atom is -0.479 e. The molecule has 0 amide bonds. The summed E-state index contributed by atoms with van der Waals surface area (Å²) in [6.07, 6.45) is -16.8. The Kier molecular flexibility index (Phi) is 8.53. The third-order valence-electron chi connectivity index (χ3n) is 4.72. The maximum absolute atomic E-state index is 11.3. The highest BCUT2D eigenvalue weighted by Crippen LogP contribution is 2.31. The Morgan fingerprint density at radius 3 is 2.06 bits per heavy atom. The number of aliphatic carboxylic acids is 1. The van der Waals surface area contributed by atoms with Crippen molar-refractivity contribution in [2.75, 3.05) is 6.61 Å². The summed E-state index contributed by atoms with van der Waals surface area (Å²) in [6, 6.07) is -1.37. The molecule has 0 radical (unpaired) electrons. The highest BCUT2D eigenvalue weighted by Gasteiger charge is 2.52. The van der Waals surface area contributed by atoms with Crippen LogP contribution in [0.1, 0.15) is 6.92 Å². The average molecular weight is 513 g/mol. The van der Waals surface area contributed by atoms with Gasteiger partial charge in [-0.15, -0.1) is 0 Å². The summed E-state index contributed by atoms with van der Waals surface area (Å²) >= 11 is 0. The lowest BCUT2D eigenvalue weighted by molar-refractivity contribution is -0.327. The summed E-state index contributed by atoms with van der Waals surface area (Å²) in [5.41, 5.74) is 5.83. The van der Waals surface area contributed by atoms with Gasteiger partial charge in [-0.3, -0.25) is 9.11 Å². The molecule has 2 heterocycles. The monoisotopic (exact) mass is 513 g/mol. The molecule has 4 unspecified atom stereocenters. The molecule has 2 saturated heterocycles. The zero-order valence-electron chi connectivity index (χ0n) is 16.1. The quantitative estimate of drug-likeness (QED) is 0.150. The van der Waals surface area contributed by atoms with Gasteiger partial charge in [-0.1, -0.05) is 0 Å². The minimum absolute atomic E-state index is 1.01. The van der Waals surface area contributed by atoms with Gasteiger partial charge in [0.05, 0.1) is 18.8 Å². The predicted molar refractivity (Wildman–Crippen MR) is 95.4 cm³/mol. The van der Waals surface area contributed by atoms with Crippen molar-refractivity contribution in [3.8, 4) is 0 Å². The van der Waals surface area contributed by atoms with E-state index in [9.17, 15) is 36.9 Å². The molecule has 19 heteroatoms. The lowest BCUT2D eigenvalue weighted by atomic mass is 9.93. The summed E-state index contributed by atoms with van der Waals surface area (Å²) in [7, 11) is -10.2. The second-order valence-electron chi connectivity index (χ2n) is 6.99. The van der Waals surface area contributed by atoms with Crippen molar-refractivity contribution in [3.63, 3.8) is 0 Å². The van der Waals surface area contributed by atoms with E-state index < -0.39 is 94.5 Å². The van der Waals surface area contributed by atoms with Gasteiger partial charge < -0.3 is 40.4 Å². The molecule has 2 aliphatic rings. The number of hydrogen-bond acceptors (Lipinski definition) is 14. The Balaban J connectivity index is 2.38. The molecule has 188 valence electrons. The van der Waals surface area contributed by atoms with Crippen LogP contribution in [0.3, 0.4) is 0 Å². The molecule has 0 bridgehead atoms. The predicted octanol–water partition coefficient (Wildman–Crippen LogP) is -4.61. The van der Waals surface area contributed by atoms with Gasteiger partial charge in [-0.2, -0.15) is 16.8 Å². The second-order valence-corrected chi connectivity index (χ2v) is 9.13. The van der Waals surface area contributed by atoms with Crippen LogP contribution in [-0.2, 0) is 48.2 Å². The highest BCUT2D eigenvalue weighted by atomic mass is 32.3. The smallest absolute Gasteiger partial charge is 0.397 e. The number of aliphatic hydroxyl groups is 3. The summed E-state index contributed by atoms with van der Waals surface area (Å²) < 4.78 is 86.7. The van der Waals surface area contributed by atoms with E-state index in [0.29, 0.717) is 0 Å². The largest absolute Gasteiger partial charge is 0.479 e. The van der Waals surface area contributed by atoms with Gasteiger partial charge in [0, 0.05) is 0 Å². The van der Waals surface area contributed by atoms with Crippen LogP contribution in [0.25, 0.3) is 0 Å². The molecule has 0 aliphatic carbocycles. The number of hydrogen-bond donors (Lipinski definition) is 7. The van der Waals surface area contributed by atoms with Crippen LogP contribution in [0.5, 0.6) is 0 Å². The second kappa shape index (κ2) is 10.0. The zero-order chi connectivity index (χ0) is 24.6. The molecule has 0 aromatic rings. The molecule has 32 heavy (non-hydrogen) atoms. The summed E-state index contributed by atoms with van der Waals surface area (Å²) in [5, 5.41) is 38.9. The maximum Gasteiger partial charge on any atom is 0.397 e. The van der Waals surface area contributed by atoms with E-state index in [1.165, 1.54) is 6.92 Å². The molecule has 0 spiro atoms. The Morgan fingerprint density at radius 1 is 0.969 bits per heavy atom. The van der Waals surface area contributed by atoms with Gasteiger partial charge in [0.2, 0.25) is 0 Å². The molecule has 2 rings (SSSR count). The van der Waals surface area contributed by atoms with Crippen molar-refractivity contribution in [2.24, 2.45) is 5.73 Å². The molecule has 2 aliphatic heterocycles. The van der Waals surface area contributed by atoms with Crippen molar-refractivity contribution in [3.05, 3.63) is 0 Å². The van der Waals surface area contributed by atoms with E-state index in [0.717, 1.165) is 0 Å². The first kappa shape index (κ1) is 27.2. The van der Waals surface area contributed by atoms with Gasteiger partial charge in [-0.25, -0.2) is 13.2 Å². The molecule has 0 aromatic carbocycles. The third-order valence-corrected chi connectivity index (χ3v) is 5.62. The van der Waals surface area contributed by atoms with Gasteiger partial charge in [0.15, 0.2) is 12.4 Å². The number of nitrogens with two attached hydrogens (primary N) is 1. The van der Waals surface area contributed by atoms with E-state index in [-0.39, 0.29) is 0 Å². The molecular formula is C13H23NO16S2. The number of carbonyl (C=O) groups is 1. The van der Waals surface area contributed by atoms with E-state index >= 15 is 0 Å². The van der Waals surface area contributed by atoms with Crippen LogP contribution >= 0.6 is 0 Å². The zero-order valence-corrected chi connectivity index (χ0v) is 17.8. The van der Waals surface area contributed by atoms with Gasteiger partial charge >= 0.3 is 26.8 Å². The van der Waals surface area contributed by atoms with Crippen molar-refractivity contribution in [2.45, 2.75) is 68.1 Å². The van der Waals surface area contributed by atoms with E-state index in [4.69, 9.17) is 34.2 Å². The van der Waals surface area contributed by atoms with E-state index in [1.54, 1.807) is 0 Å². The number of carboxylic acids is 1. The van der Waals surface area contributed by atoms with Crippen LogP contribution in [-0.4, -0.2) is 120 Å². The molecule has 17 nitrogen and oxygen atoms in total. The summed E-state index contributed by atoms with van der Waals surface area (Å²) in [5.74, 6) is -1.75. The standard InChI is InChI=1S/C13H23NO16S2/c1-3-5(14)10(30-32(23,24)25)9(4(27-3)2-26-31(20,21)22)28-13-8(17)6(15)7(16)11(29-13)12(18)19/h3-11,13,15-17H,2,14H2,1H3,(H,18,19)(H,20,21,22)(H,23,24,25)/t3-,4?,5?,6?,7-,8-,9+,10+,11?,13+/m0/s1. The Morgan fingerprint density at radius 2 is 1.56 bits per heavy atom. The third kappa shape index (κ3) is 6.72. The lowest BCUT2D eigenvalue weighted by Gasteiger charge is -2.46. The SMILES string of the molecule is C[C@@H]1OC(COS(=O)(=O)O)[C@@H](O[C@@H]2OC(C(=O)O)[C@@H](O)C(O)[C@@H]2O)[C@H](OS(=O)(=O)O)C1N. The Labute approximate surface area is 181 Å². The van der Waals surface area contributed by atoms with Crippen molar-refractivity contribution < 1.29 is 73.7 Å². The Bertz CT molecular complexity index is 878. The van der Waals surface area contributed by atoms with Crippen molar-refractivity contribution in [1.29, 1.82) is 0 Å². The molecular weight excluding hydrogens is 490 g/mol. The topological polar surface area (TPSA) is 279 Å². The van der Waals surface area contributed by atoms with Gasteiger partial charge in [0.1, 0.15) is 36.6 Å². The molecule has 0 aromatic heterocycles. The number of rotatable bonds is 8. The first-order valence-corrected chi connectivity index (χ1v) is 11.5. The molecule has 8 N–H and O–H groups in total. The first-order chi connectivity index (χ1) is 14.5. The van der Waals surface area contributed by atoms with Crippen LogP contribution in [0.15, 0.2) is 0 Å². The first-order valence-electron chi connectivity index (χ1n) is 8.78. The lowest BCUT2D eigenvalue weighted by Crippen LogP contribution is -2.66. The van der Waals surface area contributed by atoms with Crippen LogP contribution < -0.4 is 5.73 Å². The number of carboxylic acid groups (broad SMARTS) is 1. The van der Waals surface area contributed by atoms with E-state index in [2.05, 4.69) is 8.37 Å². The van der Waals surface area contributed by atoms with Crippen molar-refractivity contribution >= 4 is 26.8 Å². The normalized spacial score (nSPS) is 41.3. The minimum atomic E-state index is -5.19. The maximum atomic E-state index is 11.3. The number of ether oxygens (including phenoxy) is 3. The molecule has 2 fully saturated rings. The molecule has 10 atom stereocenters. The average Bonchev–Trinajstić information content (AvgIpc) is 2.64. The fourth-order valence-corrected chi connectivity index (χ4v) is 4.00. The molecule has 0 saturated carbocycles. The van der Waals surface area contributed by atoms with E-state index in [1.807, 2.05) is 0 Å². The van der Waals surface area contributed by atoms with Crippen LogP contribution in [0.2, 0.25) is 0 Å². The van der Waals surface area contributed by atoms with Gasteiger partial charge in [0.25, 0.3) is 0 Å². The summed E-state index contributed by atoms with van der Waals surface area (Å²) in [6.45, 7) is 0.302. The Hall–Kier alpha value is -1.07. The summed E-state index contributed by atoms with van der Waals surface area (Å²) in [4.78, 5) is 11.2. The highest BCUT2D eigenvalue weighted by molar-refractivity contribution is 7.81. The van der Waals surface area contributed by atoms with Crippen molar-refractivity contribution in [1.82, 2.24) is 0 Å². The van der Waals surface area contributed by atoms with Crippen LogP contribution in [0.4, 0.5) is 0 Å². The fourth-order valence-electron chi connectivity index (χ4n) is 3.17. The number of aliphatic hydroxyl groups excluding tert-OH is 3.